The smallest absolute Gasteiger partial charge is 0.160 e. The van der Waals surface area contributed by atoms with E-state index in [4.69, 9.17) is 0 Å². The Morgan fingerprint density at radius 2 is 1.95 bits per heavy atom. The second kappa shape index (κ2) is 4.14. The van der Waals surface area contributed by atoms with Crippen LogP contribution in [0.4, 0.5) is 0 Å². The maximum Gasteiger partial charge on any atom is 0.160 e. The number of fused-ring (bicyclic) bond motifs is 1. The topological polar surface area (TPSA) is 77.8 Å². The van der Waals surface area contributed by atoms with E-state index in [-0.39, 0.29) is 5.78 Å². The Hall–Kier alpha value is -0.710. The van der Waals surface area contributed by atoms with Gasteiger partial charge in [-0.15, -0.1) is 0 Å². The monoisotopic (exact) mass is 268 g/mol. The van der Waals surface area contributed by atoms with Gasteiger partial charge in [0.25, 0.3) is 0 Å². The van der Waals surface area contributed by atoms with Crippen LogP contribution in [0, 0.1) is 16.7 Å². The zero-order valence-corrected chi connectivity index (χ0v) is 12.1. The van der Waals surface area contributed by atoms with Crippen LogP contribution in [0.15, 0.2) is 11.6 Å². The second-order valence-corrected chi connectivity index (χ2v) is 6.97. The molecule has 0 spiro atoms. The fourth-order valence-corrected chi connectivity index (χ4v) is 4.26. The Balaban J connectivity index is 2.63. The average Bonchev–Trinajstić information content (AvgIpc) is 2.31. The lowest BCUT2D eigenvalue weighted by Gasteiger charge is -2.59. The van der Waals surface area contributed by atoms with E-state index in [0.29, 0.717) is 18.4 Å². The molecular weight excluding hydrogens is 244 g/mol. The Kier molecular flexibility index (Phi) is 3.20. The lowest BCUT2D eigenvalue weighted by atomic mass is 9.46. The van der Waals surface area contributed by atoms with E-state index >= 15 is 0 Å². The number of ketones is 1. The highest BCUT2D eigenvalue weighted by Crippen LogP contribution is 2.59. The van der Waals surface area contributed by atoms with Crippen molar-refractivity contribution < 1.29 is 20.1 Å². The minimum Gasteiger partial charge on any atom is -0.393 e. The number of aliphatic hydroxyl groups is 3. The molecule has 0 aliphatic heterocycles. The van der Waals surface area contributed by atoms with Crippen molar-refractivity contribution in [2.75, 3.05) is 6.61 Å². The van der Waals surface area contributed by atoms with Crippen molar-refractivity contribution >= 4 is 5.78 Å². The summed E-state index contributed by atoms with van der Waals surface area (Å²) in [6.45, 7) is 6.87. The van der Waals surface area contributed by atoms with E-state index in [1.807, 2.05) is 20.8 Å². The molecular formula is C15H24O4. The molecule has 3 N–H and O–H groups in total. The molecule has 4 heteroatoms. The summed E-state index contributed by atoms with van der Waals surface area (Å²) in [4.78, 5) is 12.4. The molecule has 2 aliphatic rings. The summed E-state index contributed by atoms with van der Waals surface area (Å²) in [5, 5.41) is 30.8. The predicted octanol–water partition coefficient (Wildman–Crippen LogP) is 1.04. The first-order chi connectivity index (χ1) is 8.61. The standard InChI is InChI=1S/C15H24O4/c1-9-7-10(17)12-13(2,3)11(18)5-6-14(12,4)15(9,19)8-16/h7,11-12,16,18-19H,5-6,8H2,1-4H3/t11-,12+,14+,15+/m1/s1. The van der Waals surface area contributed by atoms with E-state index in [2.05, 4.69) is 0 Å². The van der Waals surface area contributed by atoms with Crippen LogP contribution >= 0.6 is 0 Å². The Bertz CT molecular complexity index is 439. The third-order valence-corrected chi connectivity index (χ3v) is 5.65. The van der Waals surface area contributed by atoms with Gasteiger partial charge in [-0.25, -0.2) is 0 Å². The molecule has 0 aromatic heterocycles. The van der Waals surface area contributed by atoms with E-state index in [1.165, 1.54) is 6.08 Å². The van der Waals surface area contributed by atoms with Crippen LogP contribution in [0.2, 0.25) is 0 Å². The minimum absolute atomic E-state index is 0.0538. The zero-order chi connectivity index (χ0) is 14.6. The summed E-state index contributed by atoms with van der Waals surface area (Å²) in [5.41, 5.74) is -2.21. The summed E-state index contributed by atoms with van der Waals surface area (Å²) >= 11 is 0. The normalized spacial score (nSPS) is 45.6. The summed E-state index contributed by atoms with van der Waals surface area (Å²) < 4.78 is 0. The Morgan fingerprint density at radius 1 is 1.37 bits per heavy atom. The van der Waals surface area contributed by atoms with Gasteiger partial charge in [-0.2, -0.15) is 0 Å². The summed E-state index contributed by atoms with van der Waals surface area (Å²) in [5.74, 6) is -0.536. The third kappa shape index (κ3) is 1.66. The third-order valence-electron chi connectivity index (χ3n) is 5.65. The number of hydrogen-bond donors (Lipinski definition) is 3. The number of hydrogen-bond acceptors (Lipinski definition) is 4. The minimum atomic E-state index is -1.39. The van der Waals surface area contributed by atoms with Crippen LogP contribution < -0.4 is 0 Å². The first-order valence-electron chi connectivity index (χ1n) is 6.85. The molecule has 1 fully saturated rings. The largest absolute Gasteiger partial charge is 0.393 e. The number of carbonyl (C=O) groups excluding carboxylic acids is 1. The predicted molar refractivity (Wildman–Crippen MR) is 71.4 cm³/mol. The van der Waals surface area contributed by atoms with Gasteiger partial charge in [0, 0.05) is 16.7 Å². The quantitative estimate of drug-likeness (QED) is 0.664. The van der Waals surface area contributed by atoms with E-state index in [1.54, 1.807) is 6.92 Å². The van der Waals surface area contributed by atoms with Gasteiger partial charge in [0.1, 0.15) is 5.60 Å². The number of carbonyl (C=O) groups is 1. The molecule has 0 saturated heterocycles. The van der Waals surface area contributed by atoms with Gasteiger partial charge in [-0.05, 0) is 31.4 Å². The molecule has 0 unspecified atom stereocenters. The fraction of sp³-hybridized carbons (Fsp3) is 0.800. The van der Waals surface area contributed by atoms with Crippen LogP contribution in [0.1, 0.15) is 40.5 Å². The summed E-state index contributed by atoms with van der Waals surface area (Å²) in [7, 11) is 0. The van der Waals surface area contributed by atoms with Crippen molar-refractivity contribution in [3.63, 3.8) is 0 Å². The average molecular weight is 268 g/mol. The van der Waals surface area contributed by atoms with Gasteiger partial charge in [-0.3, -0.25) is 4.79 Å². The highest BCUT2D eigenvalue weighted by atomic mass is 16.3. The fourth-order valence-electron chi connectivity index (χ4n) is 4.26. The van der Waals surface area contributed by atoms with Crippen molar-refractivity contribution in [2.24, 2.45) is 16.7 Å². The lowest BCUT2D eigenvalue weighted by molar-refractivity contribution is -0.191. The van der Waals surface area contributed by atoms with Gasteiger partial charge in [-0.1, -0.05) is 20.8 Å². The van der Waals surface area contributed by atoms with Crippen LogP contribution in [-0.4, -0.2) is 39.4 Å². The van der Waals surface area contributed by atoms with Gasteiger partial charge in [0.05, 0.1) is 12.7 Å². The number of aliphatic hydroxyl groups excluding tert-OH is 2. The molecule has 2 aliphatic carbocycles. The van der Waals surface area contributed by atoms with Gasteiger partial charge >= 0.3 is 0 Å². The molecule has 19 heavy (non-hydrogen) atoms. The van der Waals surface area contributed by atoms with Gasteiger partial charge < -0.3 is 15.3 Å². The maximum absolute atomic E-state index is 12.4. The summed E-state index contributed by atoms with van der Waals surface area (Å²) in [6, 6.07) is 0. The highest BCUT2D eigenvalue weighted by Gasteiger charge is 2.64. The number of rotatable bonds is 1. The number of allylic oxidation sites excluding steroid dienone is 1. The molecule has 2 rings (SSSR count). The second-order valence-electron chi connectivity index (χ2n) is 6.97. The molecule has 0 amide bonds. The van der Waals surface area contributed by atoms with Crippen molar-refractivity contribution in [1.29, 1.82) is 0 Å². The van der Waals surface area contributed by atoms with Gasteiger partial charge in [0.2, 0.25) is 0 Å². The molecule has 0 radical (unpaired) electrons. The van der Waals surface area contributed by atoms with Crippen molar-refractivity contribution in [1.82, 2.24) is 0 Å². The summed E-state index contributed by atoms with van der Waals surface area (Å²) in [6.07, 6.45) is 1.92. The molecule has 4 atom stereocenters. The van der Waals surface area contributed by atoms with Crippen LogP contribution in [0.5, 0.6) is 0 Å². The molecule has 0 aromatic rings. The highest BCUT2D eigenvalue weighted by molar-refractivity contribution is 5.95. The first-order valence-corrected chi connectivity index (χ1v) is 6.85. The Morgan fingerprint density at radius 3 is 2.47 bits per heavy atom. The zero-order valence-electron chi connectivity index (χ0n) is 12.1. The SMILES string of the molecule is CC1=CC(=O)[C@H]2C(C)(C)[C@H](O)CC[C@]2(C)[C@]1(O)CO. The van der Waals surface area contributed by atoms with Gasteiger partial charge in [0.15, 0.2) is 5.78 Å². The van der Waals surface area contributed by atoms with E-state index in [0.717, 1.165) is 0 Å². The molecule has 0 bridgehead atoms. The van der Waals surface area contributed by atoms with Crippen molar-refractivity contribution in [3.05, 3.63) is 11.6 Å². The van der Waals surface area contributed by atoms with Crippen LogP contribution in [0.3, 0.4) is 0 Å². The molecule has 4 nitrogen and oxygen atoms in total. The van der Waals surface area contributed by atoms with E-state index < -0.39 is 35.1 Å². The van der Waals surface area contributed by atoms with Crippen LogP contribution in [-0.2, 0) is 4.79 Å². The first kappa shape index (κ1) is 14.7. The van der Waals surface area contributed by atoms with Crippen molar-refractivity contribution in [2.45, 2.75) is 52.2 Å². The molecule has 0 aromatic carbocycles. The lowest BCUT2D eigenvalue weighted by Crippen LogP contribution is -2.65. The molecule has 0 heterocycles. The molecule has 108 valence electrons. The molecule has 1 saturated carbocycles. The van der Waals surface area contributed by atoms with Crippen LogP contribution in [0.25, 0.3) is 0 Å². The Labute approximate surface area is 114 Å². The maximum atomic E-state index is 12.4. The van der Waals surface area contributed by atoms with E-state index in [9.17, 15) is 20.1 Å². The van der Waals surface area contributed by atoms with Crippen molar-refractivity contribution in [3.8, 4) is 0 Å².